The van der Waals surface area contributed by atoms with E-state index in [2.05, 4.69) is 25.7 Å². The third kappa shape index (κ3) is 5.99. The largest absolute Gasteiger partial charge is 0.379 e. The van der Waals surface area contributed by atoms with Crippen LogP contribution in [-0.2, 0) is 16.1 Å². The summed E-state index contributed by atoms with van der Waals surface area (Å²) in [6, 6.07) is 5.49. The first-order chi connectivity index (χ1) is 14.1. The first kappa shape index (κ1) is 21.2. The van der Waals surface area contributed by atoms with Crippen LogP contribution in [0.4, 0.5) is 9.18 Å². The Morgan fingerprint density at radius 1 is 1.17 bits per heavy atom. The second-order valence-electron chi connectivity index (χ2n) is 6.33. The van der Waals surface area contributed by atoms with Gasteiger partial charge < -0.3 is 14.6 Å². The maximum Gasteiger partial charge on any atom is 0.321 e. The van der Waals surface area contributed by atoms with Crippen LogP contribution in [0, 0.1) is 5.82 Å². The van der Waals surface area contributed by atoms with Gasteiger partial charge in [-0.2, -0.15) is 0 Å². The summed E-state index contributed by atoms with van der Waals surface area (Å²) in [7, 11) is 1.44. The van der Waals surface area contributed by atoms with Gasteiger partial charge in [0.25, 0.3) is 0 Å². The smallest absolute Gasteiger partial charge is 0.321 e. The van der Waals surface area contributed by atoms with Crippen molar-refractivity contribution in [3.8, 4) is 11.4 Å². The van der Waals surface area contributed by atoms with Crippen LogP contribution in [0.25, 0.3) is 11.4 Å². The number of morpholine rings is 1. The van der Waals surface area contributed by atoms with Crippen LogP contribution in [0.5, 0.6) is 0 Å². The number of aromatic nitrogens is 3. The summed E-state index contributed by atoms with van der Waals surface area (Å²) in [5.74, 6) is -0.131. The van der Waals surface area contributed by atoms with Crippen molar-refractivity contribution in [3.63, 3.8) is 0 Å². The Bertz CT molecular complexity index is 839. The Morgan fingerprint density at radius 2 is 1.90 bits per heavy atom. The molecule has 3 amide bonds. The normalized spacial score (nSPS) is 14.6. The maximum atomic E-state index is 13.3. The van der Waals surface area contributed by atoms with Crippen molar-refractivity contribution >= 4 is 23.7 Å². The average Bonchev–Trinajstić information content (AvgIpc) is 3.14. The van der Waals surface area contributed by atoms with Gasteiger partial charge in [0.1, 0.15) is 5.82 Å². The van der Waals surface area contributed by atoms with Crippen molar-refractivity contribution in [2.75, 3.05) is 45.6 Å². The molecule has 29 heavy (non-hydrogen) atoms. The fourth-order valence-electron chi connectivity index (χ4n) is 2.83. The highest BCUT2D eigenvalue weighted by molar-refractivity contribution is 7.99. The molecule has 2 N–H and O–H groups in total. The number of hydrogen-bond acceptors (Lipinski definition) is 7. The van der Waals surface area contributed by atoms with E-state index < -0.39 is 11.9 Å². The number of urea groups is 1. The van der Waals surface area contributed by atoms with E-state index in [0.717, 1.165) is 25.2 Å². The third-order valence-electron chi connectivity index (χ3n) is 4.38. The minimum absolute atomic E-state index is 0.0204. The van der Waals surface area contributed by atoms with E-state index in [-0.39, 0.29) is 11.6 Å². The molecule has 1 aliphatic rings. The number of amides is 3. The number of thioether (sulfide) groups is 1. The van der Waals surface area contributed by atoms with Crippen molar-refractivity contribution < 1.29 is 18.7 Å². The van der Waals surface area contributed by atoms with Crippen LogP contribution in [-0.4, -0.2) is 77.3 Å². The Kier molecular flexibility index (Phi) is 7.55. The molecule has 0 atom stereocenters. The van der Waals surface area contributed by atoms with Gasteiger partial charge in [0.2, 0.25) is 5.91 Å². The molecule has 1 fully saturated rings. The standard InChI is InChI=1S/C18H23FN6O3S/c1-20-17(27)21-15(26)12-29-18-23-22-16(13-2-4-14(19)5-3-13)25(18)7-6-24-8-10-28-11-9-24/h2-5H,6-12H2,1H3,(H2,20,21,26,27). The lowest BCUT2D eigenvalue weighted by Crippen LogP contribution is -2.38. The molecule has 0 radical (unpaired) electrons. The Morgan fingerprint density at radius 3 is 2.59 bits per heavy atom. The van der Waals surface area contributed by atoms with E-state index in [4.69, 9.17) is 4.74 Å². The fourth-order valence-corrected chi connectivity index (χ4v) is 3.60. The molecule has 0 spiro atoms. The van der Waals surface area contributed by atoms with Crippen molar-refractivity contribution in [3.05, 3.63) is 30.1 Å². The fraction of sp³-hybridized carbons (Fsp3) is 0.444. The number of benzene rings is 1. The summed E-state index contributed by atoms with van der Waals surface area (Å²) >= 11 is 1.19. The Hall–Kier alpha value is -2.50. The van der Waals surface area contributed by atoms with Gasteiger partial charge in [0.15, 0.2) is 11.0 Å². The Balaban J connectivity index is 1.74. The molecular formula is C18H23FN6O3S. The van der Waals surface area contributed by atoms with Crippen molar-refractivity contribution in [1.82, 2.24) is 30.3 Å². The van der Waals surface area contributed by atoms with Crippen LogP contribution in [0.1, 0.15) is 0 Å². The number of rotatable bonds is 7. The zero-order valence-electron chi connectivity index (χ0n) is 16.1. The molecule has 11 heteroatoms. The molecule has 1 aromatic heterocycles. The predicted molar refractivity (Wildman–Crippen MR) is 106 cm³/mol. The van der Waals surface area contributed by atoms with E-state index >= 15 is 0 Å². The van der Waals surface area contributed by atoms with Gasteiger partial charge in [-0.15, -0.1) is 10.2 Å². The zero-order valence-corrected chi connectivity index (χ0v) is 16.9. The first-order valence-electron chi connectivity index (χ1n) is 9.20. The van der Waals surface area contributed by atoms with Gasteiger partial charge in [-0.25, -0.2) is 9.18 Å². The molecule has 2 heterocycles. The Labute approximate surface area is 172 Å². The predicted octanol–water partition coefficient (Wildman–Crippen LogP) is 0.964. The minimum atomic E-state index is -0.559. The number of nitrogens with zero attached hydrogens (tertiary/aromatic N) is 4. The van der Waals surface area contributed by atoms with Crippen molar-refractivity contribution in [1.29, 1.82) is 0 Å². The van der Waals surface area contributed by atoms with Crippen LogP contribution in [0.2, 0.25) is 0 Å². The number of hydrogen-bond donors (Lipinski definition) is 2. The molecule has 2 aromatic rings. The molecule has 0 saturated carbocycles. The van der Waals surface area contributed by atoms with Gasteiger partial charge in [0.05, 0.1) is 19.0 Å². The number of carbonyl (C=O) groups excluding carboxylic acids is 2. The maximum absolute atomic E-state index is 13.3. The minimum Gasteiger partial charge on any atom is -0.379 e. The SMILES string of the molecule is CNC(=O)NC(=O)CSc1nnc(-c2ccc(F)cc2)n1CCN1CCOCC1. The lowest BCUT2D eigenvalue weighted by Gasteiger charge is -2.27. The van der Waals surface area contributed by atoms with E-state index in [1.165, 1.54) is 30.9 Å². The van der Waals surface area contributed by atoms with E-state index in [9.17, 15) is 14.0 Å². The van der Waals surface area contributed by atoms with Gasteiger partial charge in [-0.3, -0.25) is 15.0 Å². The monoisotopic (exact) mass is 422 g/mol. The molecule has 156 valence electrons. The zero-order chi connectivity index (χ0) is 20.6. The number of carbonyl (C=O) groups is 2. The van der Waals surface area contributed by atoms with E-state index in [1.54, 1.807) is 12.1 Å². The third-order valence-corrected chi connectivity index (χ3v) is 5.34. The highest BCUT2D eigenvalue weighted by atomic mass is 32.2. The molecule has 0 aliphatic carbocycles. The lowest BCUT2D eigenvalue weighted by molar-refractivity contribution is -0.117. The van der Waals surface area contributed by atoms with Gasteiger partial charge in [-0.05, 0) is 24.3 Å². The summed E-state index contributed by atoms with van der Waals surface area (Å²) < 4.78 is 20.6. The second kappa shape index (κ2) is 10.3. The van der Waals surface area contributed by atoms with Crippen LogP contribution >= 0.6 is 11.8 Å². The molecule has 1 saturated heterocycles. The molecule has 1 aromatic carbocycles. The van der Waals surface area contributed by atoms with E-state index in [0.29, 0.717) is 30.7 Å². The molecule has 1 aliphatic heterocycles. The molecule has 0 unspecified atom stereocenters. The number of imide groups is 1. The number of halogens is 1. The van der Waals surface area contributed by atoms with Crippen LogP contribution < -0.4 is 10.6 Å². The van der Waals surface area contributed by atoms with Crippen molar-refractivity contribution in [2.24, 2.45) is 0 Å². The van der Waals surface area contributed by atoms with E-state index in [1.807, 2.05) is 4.57 Å². The highest BCUT2D eigenvalue weighted by Gasteiger charge is 2.18. The molecule has 9 nitrogen and oxygen atoms in total. The number of nitrogens with one attached hydrogen (secondary N) is 2. The highest BCUT2D eigenvalue weighted by Crippen LogP contribution is 2.24. The second-order valence-corrected chi connectivity index (χ2v) is 7.28. The topological polar surface area (TPSA) is 101 Å². The summed E-state index contributed by atoms with van der Waals surface area (Å²) in [6.45, 7) is 4.49. The van der Waals surface area contributed by atoms with Crippen molar-refractivity contribution in [2.45, 2.75) is 11.7 Å². The molecular weight excluding hydrogens is 399 g/mol. The van der Waals surface area contributed by atoms with Crippen LogP contribution in [0.3, 0.4) is 0 Å². The van der Waals surface area contributed by atoms with Gasteiger partial charge in [-0.1, -0.05) is 11.8 Å². The summed E-state index contributed by atoms with van der Waals surface area (Å²) in [5, 5.41) is 13.6. The average molecular weight is 422 g/mol. The number of ether oxygens (including phenoxy) is 1. The van der Waals surface area contributed by atoms with Gasteiger partial charge in [0, 0.05) is 38.8 Å². The van der Waals surface area contributed by atoms with Crippen LogP contribution in [0.15, 0.2) is 29.4 Å². The summed E-state index contributed by atoms with van der Waals surface area (Å²) in [4.78, 5) is 25.4. The molecule has 3 rings (SSSR count). The summed E-state index contributed by atoms with van der Waals surface area (Å²) in [5.41, 5.74) is 0.738. The quantitative estimate of drug-likeness (QED) is 0.641. The summed E-state index contributed by atoms with van der Waals surface area (Å²) in [6.07, 6.45) is 0. The molecule has 0 bridgehead atoms. The lowest BCUT2D eigenvalue weighted by atomic mass is 10.2. The first-order valence-corrected chi connectivity index (χ1v) is 10.2. The van der Waals surface area contributed by atoms with Gasteiger partial charge >= 0.3 is 6.03 Å².